The van der Waals surface area contributed by atoms with Crippen LogP contribution in [0.2, 0.25) is 0 Å². The maximum atomic E-state index is 14.4. The molecule has 3 rings (SSSR count). The molecule has 196 valence electrons. The van der Waals surface area contributed by atoms with Crippen molar-refractivity contribution < 1.29 is 27.9 Å². The average Bonchev–Trinajstić information content (AvgIpc) is 2.91. The molecule has 0 saturated carbocycles. The Morgan fingerprint density at radius 1 is 0.757 bits per heavy atom. The van der Waals surface area contributed by atoms with E-state index in [2.05, 4.69) is 5.32 Å². The van der Waals surface area contributed by atoms with Crippen molar-refractivity contribution in [2.24, 2.45) is 0 Å². The summed E-state index contributed by atoms with van der Waals surface area (Å²) in [5.41, 5.74) is 0.857. The summed E-state index contributed by atoms with van der Waals surface area (Å²) >= 11 is 0. The van der Waals surface area contributed by atoms with Gasteiger partial charge in [-0.25, -0.2) is 4.57 Å². The van der Waals surface area contributed by atoms with Gasteiger partial charge in [-0.05, 0) is 42.7 Å². The van der Waals surface area contributed by atoms with Crippen molar-refractivity contribution >= 4 is 19.3 Å². The Hall–Kier alpha value is -3.41. The summed E-state index contributed by atoms with van der Waals surface area (Å²) in [4.78, 5) is 25.2. The van der Waals surface area contributed by atoms with E-state index in [4.69, 9.17) is 13.8 Å². The summed E-state index contributed by atoms with van der Waals surface area (Å²) in [6, 6.07) is 26.9. The molecular formula is C29H34NO6P. The number of rotatable bonds is 16. The number of Topliss-reactive ketones (excluding diaryl/α,β-unsaturated/α-hetero) is 1. The Balaban J connectivity index is 1.79. The molecule has 0 spiro atoms. The van der Waals surface area contributed by atoms with Crippen molar-refractivity contribution in [3.05, 3.63) is 96.6 Å². The number of methoxy groups -OCH3 is 1. The Kier molecular flexibility index (Phi) is 11.4. The molecule has 37 heavy (non-hydrogen) atoms. The molecule has 0 aliphatic carbocycles. The first-order chi connectivity index (χ1) is 18.0. The summed E-state index contributed by atoms with van der Waals surface area (Å²) < 4.78 is 31.4. The van der Waals surface area contributed by atoms with Gasteiger partial charge in [-0.3, -0.25) is 9.59 Å². The van der Waals surface area contributed by atoms with E-state index in [-0.39, 0.29) is 31.0 Å². The molecule has 1 amide bonds. The minimum absolute atomic E-state index is 0.00885. The first-order valence-electron chi connectivity index (χ1n) is 12.4. The number of ether oxygens (including phenoxy) is 1. The maximum Gasteiger partial charge on any atom is 0.453 e. The zero-order valence-electron chi connectivity index (χ0n) is 21.1. The number of hydrogen-bond acceptors (Lipinski definition) is 6. The van der Waals surface area contributed by atoms with E-state index < -0.39 is 13.4 Å². The highest BCUT2D eigenvalue weighted by Gasteiger charge is 2.40. The number of nitrogens with one attached hydrogen (secondary N) is 1. The molecule has 0 aromatic heterocycles. The lowest BCUT2D eigenvalue weighted by Crippen LogP contribution is -2.39. The number of ketones is 1. The molecule has 1 unspecified atom stereocenters. The van der Waals surface area contributed by atoms with Crippen molar-refractivity contribution in [1.29, 1.82) is 0 Å². The lowest BCUT2D eigenvalue weighted by Gasteiger charge is -2.28. The third kappa shape index (κ3) is 9.87. The lowest BCUT2D eigenvalue weighted by atomic mass is 10.1. The van der Waals surface area contributed by atoms with Gasteiger partial charge in [0, 0.05) is 39.4 Å². The number of amides is 1. The Morgan fingerprint density at radius 3 is 1.84 bits per heavy atom. The van der Waals surface area contributed by atoms with Crippen LogP contribution in [0, 0.1) is 0 Å². The molecule has 1 atom stereocenters. The second-order valence-corrected chi connectivity index (χ2v) is 10.7. The number of carbonyl (C=O) groups excluding carboxylic acids is 2. The van der Waals surface area contributed by atoms with E-state index in [0.717, 1.165) is 18.4 Å². The van der Waals surface area contributed by atoms with Crippen LogP contribution in [0.3, 0.4) is 0 Å². The summed E-state index contributed by atoms with van der Waals surface area (Å²) in [5.74, 6) is -0.643. The highest BCUT2D eigenvalue weighted by Crippen LogP contribution is 2.53. The fraction of sp³-hybridized carbons (Fsp3) is 0.310. The van der Waals surface area contributed by atoms with E-state index in [9.17, 15) is 14.2 Å². The number of carbonyl (C=O) groups is 2. The highest BCUT2D eigenvalue weighted by atomic mass is 31.2. The van der Waals surface area contributed by atoms with Crippen LogP contribution < -0.4 is 14.4 Å². The smallest absolute Gasteiger partial charge is 0.415 e. The molecule has 0 radical (unpaired) electrons. The van der Waals surface area contributed by atoms with Crippen molar-refractivity contribution in [2.75, 3.05) is 13.7 Å². The van der Waals surface area contributed by atoms with E-state index in [1.807, 2.05) is 42.5 Å². The van der Waals surface area contributed by atoms with Gasteiger partial charge >= 0.3 is 7.60 Å². The van der Waals surface area contributed by atoms with E-state index >= 15 is 0 Å². The van der Waals surface area contributed by atoms with Gasteiger partial charge in [-0.15, -0.1) is 0 Å². The van der Waals surface area contributed by atoms with E-state index in [1.54, 1.807) is 55.6 Å². The van der Waals surface area contributed by atoms with Crippen LogP contribution in [0.4, 0.5) is 0 Å². The summed E-state index contributed by atoms with van der Waals surface area (Å²) in [6.45, 7) is 0.604. The minimum atomic E-state index is -4.00. The second kappa shape index (κ2) is 15.0. The molecule has 0 bridgehead atoms. The zero-order valence-corrected chi connectivity index (χ0v) is 22.0. The first kappa shape index (κ1) is 28.2. The topological polar surface area (TPSA) is 90.9 Å². The van der Waals surface area contributed by atoms with Gasteiger partial charge < -0.3 is 19.1 Å². The molecule has 0 aliphatic rings. The first-order valence-corrected chi connectivity index (χ1v) is 14.0. The standard InChI is InChI=1S/C29H34NO6P/c1-34-22-12-11-15-25(31)20-21-28(32)30-29(23-24-13-5-2-6-14-24)37(33,35-26-16-7-3-8-17-26)36-27-18-9-4-10-19-27/h2-10,13-14,16-19,29H,11-12,15,20-23H2,1H3,(H,30,32). The molecule has 0 fully saturated rings. The predicted molar refractivity (Wildman–Crippen MR) is 144 cm³/mol. The van der Waals surface area contributed by atoms with Gasteiger partial charge in [0.1, 0.15) is 17.3 Å². The number of unbranched alkanes of at least 4 members (excludes halogenated alkanes) is 1. The monoisotopic (exact) mass is 523 g/mol. The molecule has 8 heteroatoms. The van der Waals surface area contributed by atoms with Crippen LogP contribution in [0.1, 0.15) is 37.7 Å². The van der Waals surface area contributed by atoms with Crippen LogP contribution in [-0.2, 0) is 25.3 Å². The van der Waals surface area contributed by atoms with Crippen LogP contribution >= 0.6 is 7.60 Å². The predicted octanol–water partition coefficient (Wildman–Crippen LogP) is 6.19. The molecule has 1 N–H and O–H groups in total. The SMILES string of the molecule is COCCCCC(=O)CCC(=O)NC(Cc1ccccc1)P(=O)(Oc1ccccc1)Oc1ccccc1. The quantitative estimate of drug-likeness (QED) is 0.178. The molecule has 0 aliphatic heterocycles. The van der Waals surface area contributed by atoms with E-state index in [0.29, 0.717) is 24.5 Å². The number of hydrogen-bond donors (Lipinski definition) is 1. The second-order valence-electron chi connectivity index (χ2n) is 8.61. The molecule has 3 aromatic rings. The Labute approximate surface area is 218 Å². The number of para-hydroxylation sites is 2. The maximum absolute atomic E-state index is 14.4. The fourth-order valence-electron chi connectivity index (χ4n) is 3.69. The largest absolute Gasteiger partial charge is 0.453 e. The van der Waals surface area contributed by atoms with Crippen LogP contribution in [0.5, 0.6) is 11.5 Å². The van der Waals surface area contributed by atoms with Crippen molar-refractivity contribution in [1.82, 2.24) is 5.32 Å². The number of benzene rings is 3. The van der Waals surface area contributed by atoms with Crippen LogP contribution in [0.15, 0.2) is 91.0 Å². The average molecular weight is 524 g/mol. The molecular weight excluding hydrogens is 489 g/mol. The minimum Gasteiger partial charge on any atom is -0.415 e. The summed E-state index contributed by atoms with van der Waals surface area (Å²) in [7, 11) is -2.37. The highest BCUT2D eigenvalue weighted by molar-refractivity contribution is 7.55. The molecule has 3 aromatic carbocycles. The van der Waals surface area contributed by atoms with Gasteiger partial charge in [0.25, 0.3) is 0 Å². The van der Waals surface area contributed by atoms with Gasteiger partial charge in [0.2, 0.25) is 5.91 Å². The van der Waals surface area contributed by atoms with Gasteiger partial charge in [-0.1, -0.05) is 66.7 Å². The van der Waals surface area contributed by atoms with Crippen LogP contribution in [0.25, 0.3) is 0 Å². The van der Waals surface area contributed by atoms with Gasteiger partial charge in [-0.2, -0.15) is 0 Å². The van der Waals surface area contributed by atoms with Crippen LogP contribution in [-0.4, -0.2) is 31.2 Å². The van der Waals surface area contributed by atoms with Gasteiger partial charge in [0.05, 0.1) is 0 Å². The third-order valence-electron chi connectivity index (χ3n) is 5.62. The van der Waals surface area contributed by atoms with Gasteiger partial charge in [0.15, 0.2) is 5.78 Å². The normalized spacial score (nSPS) is 11.9. The fourth-order valence-corrected chi connectivity index (χ4v) is 5.55. The molecule has 0 saturated heterocycles. The molecule has 0 heterocycles. The Morgan fingerprint density at radius 2 is 1.30 bits per heavy atom. The summed E-state index contributed by atoms with van der Waals surface area (Å²) in [6.07, 6.45) is 2.23. The van der Waals surface area contributed by atoms with Crippen molar-refractivity contribution in [3.8, 4) is 11.5 Å². The van der Waals surface area contributed by atoms with E-state index in [1.165, 1.54) is 0 Å². The summed E-state index contributed by atoms with van der Waals surface area (Å²) in [5, 5.41) is 2.85. The third-order valence-corrected chi connectivity index (χ3v) is 7.62. The van der Waals surface area contributed by atoms with Crippen molar-refractivity contribution in [3.63, 3.8) is 0 Å². The molecule has 7 nitrogen and oxygen atoms in total. The Bertz CT molecular complexity index is 1100. The van der Waals surface area contributed by atoms with Crippen molar-refractivity contribution in [2.45, 2.75) is 44.3 Å². The lowest BCUT2D eigenvalue weighted by molar-refractivity contribution is -0.125. The zero-order chi connectivity index (χ0) is 26.3.